The van der Waals surface area contributed by atoms with Crippen LogP contribution < -0.4 is 9.80 Å². The molecule has 2 atom stereocenters. The van der Waals surface area contributed by atoms with Gasteiger partial charge in [-0.3, -0.25) is 14.5 Å². The molecule has 1 aromatic heterocycles. The monoisotopic (exact) mass is 449 g/mol. The fourth-order valence-corrected chi connectivity index (χ4v) is 5.88. The van der Waals surface area contributed by atoms with Crippen LogP contribution in [0.4, 0.5) is 11.4 Å². The van der Waals surface area contributed by atoms with Crippen LogP contribution in [0, 0.1) is 17.8 Å². The minimum absolute atomic E-state index is 0.0563. The number of carbonyl (C=O) groups excluding carboxylic acids is 2. The molecule has 2 unspecified atom stereocenters. The van der Waals surface area contributed by atoms with Gasteiger partial charge >= 0.3 is 0 Å². The number of hydrogen-bond donors (Lipinski definition) is 0. The molecule has 3 aliphatic rings. The van der Waals surface area contributed by atoms with Gasteiger partial charge in [0.05, 0.1) is 30.7 Å². The van der Waals surface area contributed by atoms with Crippen molar-refractivity contribution in [2.45, 2.75) is 65.1 Å². The van der Waals surface area contributed by atoms with Crippen molar-refractivity contribution in [1.29, 1.82) is 0 Å². The third-order valence-electron chi connectivity index (χ3n) is 7.46. The molecule has 0 radical (unpaired) electrons. The quantitative estimate of drug-likeness (QED) is 0.580. The van der Waals surface area contributed by atoms with Gasteiger partial charge in [0.25, 0.3) is 0 Å². The maximum atomic E-state index is 13.7. The summed E-state index contributed by atoms with van der Waals surface area (Å²) in [4.78, 5) is 33.6. The van der Waals surface area contributed by atoms with Crippen LogP contribution in [0.15, 0.2) is 47.1 Å². The molecule has 6 nitrogen and oxygen atoms in total. The highest BCUT2D eigenvalue weighted by Crippen LogP contribution is 2.42. The van der Waals surface area contributed by atoms with Gasteiger partial charge in [0.2, 0.25) is 11.8 Å². The van der Waals surface area contributed by atoms with Crippen LogP contribution in [0.2, 0.25) is 0 Å². The standard InChI is InChI=1S/C27H35N3O3/c1-19(2)15-22-26(31)29(17-21-11-8-14-33-21)25-18-28(16-20-9-4-3-5-10-20)23-12-6-7-13-24(23)30(25)27(22)32/h6-8,11-14,19-20,22,25H,3-5,9-10,15-18H2,1-2H3. The molecule has 33 heavy (non-hydrogen) atoms. The van der Waals surface area contributed by atoms with Gasteiger partial charge in [0, 0.05) is 6.54 Å². The number of carbonyl (C=O) groups is 2. The number of benzene rings is 1. The Kier molecular flexibility index (Phi) is 6.17. The lowest BCUT2D eigenvalue weighted by Gasteiger charge is -2.52. The van der Waals surface area contributed by atoms with Crippen molar-refractivity contribution in [2.24, 2.45) is 17.8 Å². The molecule has 1 aliphatic carbocycles. The molecule has 176 valence electrons. The van der Waals surface area contributed by atoms with Crippen LogP contribution in [0.5, 0.6) is 0 Å². The van der Waals surface area contributed by atoms with E-state index in [4.69, 9.17) is 4.42 Å². The fraction of sp³-hybridized carbons (Fsp3) is 0.556. The Balaban J connectivity index is 1.52. The van der Waals surface area contributed by atoms with E-state index in [1.807, 2.05) is 34.1 Å². The molecule has 6 heteroatoms. The maximum absolute atomic E-state index is 13.7. The normalized spacial score (nSPS) is 23.8. The zero-order valence-electron chi connectivity index (χ0n) is 19.8. The van der Waals surface area contributed by atoms with E-state index in [0.717, 1.165) is 23.7 Å². The Morgan fingerprint density at radius 2 is 1.73 bits per heavy atom. The van der Waals surface area contributed by atoms with Crippen molar-refractivity contribution in [3.63, 3.8) is 0 Å². The predicted octanol–water partition coefficient (Wildman–Crippen LogP) is 5.04. The second kappa shape index (κ2) is 9.24. The summed E-state index contributed by atoms with van der Waals surface area (Å²) < 4.78 is 5.61. The molecule has 0 spiro atoms. The number of anilines is 2. The molecule has 1 saturated heterocycles. The molecule has 0 bridgehead atoms. The summed E-state index contributed by atoms with van der Waals surface area (Å²) in [6.45, 7) is 6.14. The molecule has 3 heterocycles. The van der Waals surface area contributed by atoms with Gasteiger partial charge in [0.1, 0.15) is 17.8 Å². The highest BCUT2D eigenvalue weighted by atomic mass is 16.3. The number of amides is 2. The third kappa shape index (κ3) is 4.28. The van der Waals surface area contributed by atoms with Crippen LogP contribution in [0.25, 0.3) is 0 Å². The molecule has 5 rings (SSSR count). The predicted molar refractivity (Wildman–Crippen MR) is 129 cm³/mol. The second-order valence-corrected chi connectivity index (χ2v) is 10.3. The Labute approximate surface area is 196 Å². The molecular weight excluding hydrogens is 414 g/mol. The molecule has 2 amide bonds. The first-order valence-corrected chi connectivity index (χ1v) is 12.5. The first-order valence-electron chi connectivity index (χ1n) is 12.5. The van der Waals surface area contributed by atoms with E-state index < -0.39 is 5.92 Å². The highest BCUT2D eigenvalue weighted by Gasteiger charge is 2.50. The largest absolute Gasteiger partial charge is 0.467 e. The smallest absolute Gasteiger partial charge is 0.241 e. The molecule has 1 aromatic carbocycles. The van der Waals surface area contributed by atoms with Gasteiger partial charge in [-0.1, -0.05) is 45.2 Å². The molecule has 2 aromatic rings. The summed E-state index contributed by atoms with van der Waals surface area (Å²) in [5.41, 5.74) is 2.04. The summed E-state index contributed by atoms with van der Waals surface area (Å²) >= 11 is 0. The Bertz CT molecular complexity index is 980. The summed E-state index contributed by atoms with van der Waals surface area (Å²) in [5, 5.41) is 0. The number of furan rings is 1. The van der Waals surface area contributed by atoms with Crippen LogP contribution in [-0.2, 0) is 16.1 Å². The van der Waals surface area contributed by atoms with Crippen LogP contribution in [0.3, 0.4) is 0 Å². The van der Waals surface area contributed by atoms with E-state index in [9.17, 15) is 9.59 Å². The summed E-state index contributed by atoms with van der Waals surface area (Å²) in [7, 11) is 0. The van der Waals surface area contributed by atoms with Crippen LogP contribution >= 0.6 is 0 Å². The number of rotatable bonds is 6. The van der Waals surface area contributed by atoms with Gasteiger partial charge in [-0.15, -0.1) is 0 Å². The Hall–Kier alpha value is -2.76. The van der Waals surface area contributed by atoms with Crippen molar-refractivity contribution in [1.82, 2.24) is 4.90 Å². The van der Waals surface area contributed by atoms with Gasteiger partial charge < -0.3 is 14.2 Å². The van der Waals surface area contributed by atoms with E-state index in [-0.39, 0.29) is 23.9 Å². The van der Waals surface area contributed by atoms with Crippen LogP contribution in [0.1, 0.15) is 58.1 Å². The third-order valence-corrected chi connectivity index (χ3v) is 7.46. The zero-order chi connectivity index (χ0) is 22.9. The fourth-order valence-electron chi connectivity index (χ4n) is 5.88. The Morgan fingerprint density at radius 3 is 2.42 bits per heavy atom. The minimum atomic E-state index is -0.644. The summed E-state index contributed by atoms with van der Waals surface area (Å²) in [6.07, 6.45) is 8.34. The minimum Gasteiger partial charge on any atom is -0.467 e. The lowest BCUT2D eigenvalue weighted by molar-refractivity contribution is -0.150. The van der Waals surface area contributed by atoms with Crippen molar-refractivity contribution in [3.05, 3.63) is 48.4 Å². The molecule has 1 saturated carbocycles. The lowest BCUT2D eigenvalue weighted by atomic mass is 9.87. The number of para-hydroxylation sites is 2. The van der Waals surface area contributed by atoms with E-state index in [1.54, 1.807) is 6.26 Å². The van der Waals surface area contributed by atoms with E-state index >= 15 is 0 Å². The maximum Gasteiger partial charge on any atom is 0.241 e. The van der Waals surface area contributed by atoms with E-state index in [2.05, 4.69) is 30.9 Å². The van der Waals surface area contributed by atoms with Gasteiger partial charge in [0.15, 0.2) is 0 Å². The Morgan fingerprint density at radius 1 is 0.970 bits per heavy atom. The molecule has 0 N–H and O–H groups in total. The average molecular weight is 450 g/mol. The van der Waals surface area contributed by atoms with Crippen molar-refractivity contribution >= 4 is 23.2 Å². The molecular formula is C27H35N3O3. The highest BCUT2D eigenvalue weighted by molar-refractivity contribution is 6.12. The number of fused-ring (bicyclic) bond motifs is 3. The first kappa shape index (κ1) is 22.1. The number of nitrogens with zero attached hydrogens (tertiary/aromatic N) is 3. The number of hydrogen-bond acceptors (Lipinski definition) is 4. The van der Waals surface area contributed by atoms with Crippen molar-refractivity contribution in [2.75, 3.05) is 22.9 Å². The topological polar surface area (TPSA) is 57.0 Å². The van der Waals surface area contributed by atoms with E-state index in [1.165, 1.54) is 32.1 Å². The van der Waals surface area contributed by atoms with Crippen LogP contribution in [-0.4, -0.2) is 36.0 Å². The molecule has 2 aliphatic heterocycles. The summed E-state index contributed by atoms with van der Waals surface area (Å²) in [5.74, 6) is 0.906. The summed E-state index contributed by atoms with van der Waals surface area (Å²) in [6, 6.07) is 12.0. The van der Waals surface area contributed by atoms with Gasteiger partial charge in [-0.2, -0.15) is 0 Å². The lowest BCUT2D eigenvalue weighted by Crippen LogP contribution is -2.68. The average Bonchev–Trinajstić information content (AvgIpc) is 3.33. The SMILES string of the molecule is CC(C)CC1C(=O)N(Cc2ccco2)C2CN(CC3CCCCC3)c3ccccc3N2C1=O. The van der Waals surface area contributed by atoms with Crippen molar-refractivity contribution in [3.8, 4) is 0 Å². The first-order chi connectivity index (χ1) is 16.0. The second-order valence-electron chi connectivity index (χ2n) is 10.3. The molecule has 2 fully saturated rings. The van der Waals surface area contributed by atoms with Gasteiger partial charge in [-0.05, 0) is 55.4 Å². The zero-order valence-corrected chi connectivity index (χ0v) is 19.8. The van der Waals surface area contributed by atoms with E-state index in [0.29, 0.717) is 25.4 Å². The van der Waals surface area contributed by atoms with Gasteiger partial charge in [-0.25, -0.2) is 0 Å². The van der Waals surface area contributed by atoms with Crippen molar-refractivity contribution < 1.29 is 14.0 Å².